The number of aryl methyl sites for hydroxylation is 1. The largest absolute Gasteiger partial charge is 0.496 e. The second-order valence-corrected chi connectivity index (χ2v) is 11.6. The first-order chi connectivity index (χ1) is 19.5. The number of fused-ring (bicyclic) bond motifs is 1. The molecule has 0 saturated carbocycles. The third-order valence-corrected chi connectivity index (χ3v) is 9.15. The molecule has 0 spiro atoms. The molecular weight excluding hydrogens is 504 g/mol. The van der Waals surface area contributed by atoms with E-state index in [9.17, 15) is 4.79 Å². The van der Waals surface area contributed by atoms with Crippen LogP contribution in [-0.2, 0) is 13.6 Å². The monoisotopic (exact) mass is 546 g/mol. The lowest BCUT2D eigenvalue weighted by molar-refractivity contribution is 0.0502. The van der Waals surface area contributed by atoms with Crippen LogP contribution in [0.25, 0.3) is 21.9 Å². The summed E-state index contributed by atoms with van der Waals surface area (Å²) in [5, 5.41) is 4.87. The second-order valence-electron chi connectivity index (χ2n) is 11.6. The Hall–Kier alpha value is -2.98. The van der Waals surface area contributed by atoms with Gasteiger partial charge in [-0.1, -0.05) is 0 Å². The molecule has 40 heavy (non-hydrogen) atoms. The molecular formula is C31H42N6O3. The summed E-state index contributed by atoms with van der Waals surface area (Å²) >= 11 is 0. The number of piperidine rings is 1. The SMILES string of the molecule is COc1cc(-c2cn(C)c(=O)c3cnccc23)cc(OC)c1CN1CCN(C2CCN(CC3CNC3)CC2)CC1. The fourth-order valence-corrected chi connectivity index (χ4v) is 6.66. The van der Waals surface area contributed by atoms with E-state index in [4.69, 9.17) is 9.47 Å². The first-order valence-corrected chi connectivity index (χ1v) is 14.6. The third kappa shape index (κ3) is 5.48. The van der Waals surface area contributed by atoms with Gasteiger partial charge in [0.25, 0.3) is 5.56 Å². The molecule has 3 fully saturated rings. The number of ether oxygens (including phenoxy) is 2. The predicted molar refractivity (Wildman–Crippen MR) is 158 cm³/mol. The second kappa shape index (κ2) is 11.9. The van der Waals surface area contributed by atoms with Gasteiger partial charge in [-0.2, -0.15) is 0 Å². The summed E-state index contributed by atoms with van der Waals surface area (Å²) in [6.45, 7) is 11.2. The number of pyridine rings is 2. The Bertz CT molecular complexity index is 1360. The van der Waals surface area contributed by atoms with Gasteiger partial charge in [-0.05, 0) is 61.0 Å². The van der Waals surface area contributed by atoms with E-state index >= 15 is 0 Å². The molecule has 3 aliphatic heterocycles. The highest BCUT2D eigenvalue weighted by molar-refractivity contribution is 5.95. The van der Waals surface area contributed by atoms with Crippen LogP contribution in [0.2, 0.25) is 0 Å². The first kappa shape index (κ1) is 27.2. The minimum Gasteiger partial charge on any atom is -0.496 e. The number of aromatic nitrogens is 2. The van der Waals surface area contributed by atoms with Crippen LogP contribution in [0.4, 0.5) is 0 Å². The van der Waals surface area contributed by atoms with Crippen LogP contribution in [0.15, 0.2) is 41.6 Å². The summed E-state index contributed by atoms with van der Waals surface area (Å²) in [7, 11) is 5.21. The average molecular weight is 547 g/mol. The van der Waals surface area contributed by atoms with Crippen molar-refractivity contribution in [1.29, 1.82) is 0 Å². The highest BCUT2D eigenvalue weighted by Crippen LogP contribution is 2.38. The van der Waals surface area contributed by atoms with Crippen molar-refractivity contribution < 1.29 is 9.47 Å². The Balaban J connectivity index is 1.14. The molecule has 3 aliphatic rings. The van der Waals surface area contributed by atoms with E-state index in [0.29, 0.717) is 11.4 Å². The maximum absolute atomic E-state index is 12.7. The number of piperazine rings is 1. The van der Waals surface area contributed by atoms with Gasteiger partial charge < -0.3 is 24.3 Å². The van der Waals surface area contributed by atoms with Gasteiger partial charge in [0.2, 0.25) is 0 Å². The number of likely N-dealkylation sites (tertiary alicyclic amines) is 1. The summed E-state index contributed by atoms with van der Waals surface area (Å²) in [6, 6.07) is 6.75. The van der Waals surface area contributed by atoms with Crippen LogP contribution in [-0.4, -0.2) is 103 Å². The van der Waals surface area contributed by atoms with Gasteiger partial charge in [-0.25, -0.2) is 0 Å². The van der Waals surface area contributed by atoms with E-state index in [0.717, 1.165) is 72.2 Å². The summed E-state index contributed by atoms with van der Waals surface area (Å²) in [5.74, 6) is 2.48. The van der Waals surface area contributed by atoms with Gasteiger partial charge in [0.1, 0.15) is 11.5 Å². The number of methoxy groups -OCH3 is 2. The maximum Gasteiger partial charge on any atom is 0.259 e. The molecule has 0 amide bonds. The average Bonchev–Trinajstić information content (AvgIpc) is 2.97. The van der Waals surface area contributed by atoms with Crippen molar-refractivity contribution in [2.24, 2.45) is 13.0 Å². The minimum absolute atomic E-state index is 0.0571. The lowest BCUT2D eigenvalue weighted by Gasteiger charge is -2.44. The highest BCUT2D eigenvalue weighted by atomic mass is 16.5. The molecule has 9 nitrogen and oxygen atoms in total. The van der Waals surface area contributed by atoms with Crippen molar-refractivity contribution in [3.63, 3.8) is 0 Å². The zero-order valence-electron chi connectivity index (χ0n) is 24.1. The van der Waals surface area contributed by atoms with Crippen molar-refractivity contribution in [1.82, 2.24) is 29.6 Å². The molecule has 0 unspecified atom stereocenters. The topological polar surface area (TPSA) is 75.1 Å². The van der Waals surface area contributed by atoms with Gasteiger partial charge in [-0.3, -0.25) is 19.6 Å². The molecule has 3 aromatic rings. The summed E-state index contributed by atoms with van der Waals surface area (Å²) in [5.41, 5.74) is 2.91. The third-order valence-electron chi connectivity index (χ3n) is 9.15. The van der Waals surface area contributed by atoms with E-state index in [1.54, 1.807) is 38.2 Å². The van der Waals surface area contributed by atoms with Crippen LogP contribution in [0.5, 0.6) is 11.5 Å². The highest BCUT2D eigenvalue weighted by Gasteiger charge is 2.30. The summed E-state index contributed by atoms with van der Waals surface area (Å²) in [4.78, 5) is 24.8. The zero-order chi connectivity index (χ0) is 27.6. The number of benzene rings is 1. The van der Waals surface area contributed by atoms with Gasteiger partial charge in [0, 0.05) is 89.6 Å². The number of nitrogens with one attached hydrogen (secondary N) is 1. The Morgan fingerprint density at radius 2 is 1.65 bits per heavy atom. The Kier molecular flexibility index (Phi) is 8.07. The van der Waals surface area contributed by atoms with Gasteiger partial charge in [0.05, 0.1) is 25.2 Å². The maximum atomic E-state index is 12.7. The van der Waals surface area contributed by atoms with Crippen molar-refractivity contribution in [3.8, 4) is 22.6 Å². The molecule has 0 aliphatic carbocycles. The van der Waals surface area contributed by atoms with E-state index in [1.165, 1.54) is 45.6 Å². The molecule has 9 heteroatoms. The predicted octanol–water partition coefficient (Wildman–Crippen LogP) is 2.42. The van der Waals surface area contributed by atoms with Crippen molar-refractivity contribution >= 4 is 10.8 Å². The van der Waals surface area contributed by atoms with Gasteiger partial charge in [0.15, 0.2) is 0 Å². The van der Waals surface area contributed by atoms with Gasteiger partial charge in [-0.15, -0.1) is 0 Å². The van der Waals surface area contributed by atoms with Crippen LogP contribution in [0.1, 0.15) is 18.4 Å². The number of hydrogen-bond acceptors (Lipinski definition) is 8. The quantitative estimate of drug-likeness (QED) is 0.462. The molecule has 1 N–H and O–H groups in total. The standard InChI is InChI=1S/C31H42N6O3/c1-34-20-27(25-4-7-32-18-26(25)31(34)38)23-14-29(39-2)28(30(15-23)40-3)21-36-10-12-37(13-11-36)24-5-8-35(9-6-24)19-22-16-33-17-22/h4,7,14-15,18,20,22,24,33H,5-6,8-13,16-17,19,21H2,1-3H3. The molecule has 0 radical (unpaired) electrons. The molecule has 0 atom stereocenters. The van der Waals surface area contributed by atoms with Crippen LogP contribution < -0.4 is 20.3 Å². The Morgan fingerprint density at radius 1 is 0.950 bits per heavy atom. The van der Waals surface area contributed by atoms with Crippen molar-refractivity contribution in [3.05, 3.63) is 52.7 Å². The lowest BCUT2D eigenvalue weighted by atomic mass is 9.98. The zero-order valence-corrected chi connectivity index (χ0v) is 24.1. The van der Waals surface area contributed by atoms with Crippen LogP contribution in [0, 0.1) is 5.92 Å². The Labute approximate surface area is 236 Å². The first-order valence-electron chi connectivity index (χ1n) is 14.6. The molecule has 214 valence electrons. The number of nitrogens with zero attached hydrogens (tertiary/aromatic N) is 5. The number of rotatable bonds is 8. The molecule has 5 heterocycles. The Morgan fingerprint density at radius 3 is 2.27 bits per heavy atom. The molecule has 1 aromatic carbocycles. The van der Waals surface area contributed by atoms with Crippen LogP contribution in [0.3, 0.4) is 0 Å². The minimum atomic E-state index is -0.0571. The molecule has 6 rings (SSSR count). The van der Waals surface area contributed by atoms with E-state index in [1.807, 2.05) is 12.3 Å². The smallest absolute Gasteiger partial charge is 0.259 e. The summed E-state index contributed by atoms with van der Waals surface area (Å²) in [6.07, 6.45) is 7.83. The lowest BCUT2D eigenvalue weighted by Crippen LogP contribution is -2.54. The number of hydrogen-bond donors (Lipinski definition) is 1. The van der Waals surface area contributed by atoms with Gasteiger partial charge >= 0.3 is 0 Å². The summed E-state index contributed by atoms with van der Waals surface area (Å²) < 4.78 is 13.4. The van der Waals surface area contributed by atoms with Crippen LogP contribution >= 0.6 is 0 Å². The van der Waals surface area contributed by atoms with E-state index in [2.05, 4.69) is 37.1 Å². The fourth-order valence-electron chi connectivity index (χ4n) is 6.66. The molecule has 0 bridgehead atoms. The van der Waals surface area contributed by atoms with Crippen molar-refractivity contribution in [2.45, 2.75) is 25.4 Å². The van der Waals surface area contributed by atoms with E-state index in [-0.39, 0.29) is 5.56 Å². The molecule has 3 saturated heterocycles. The normalized spacial score (nSPS) is 20.1. The van der Waals surface area contributed by atoms with E-state index < -0.39 is 0 Å². The van der Waals surface area contributed by atoms with Crippen molar-refractivity contribution in [2.75, 3.05) is 73.1 Å². The molecule has 2 aromatic heterocycles. The fraction of sp³-hybridized carbons (Fsp3) is 0.548.